The molecule has 8 nitrogen and oxygen atoms in total. The second kappa shape index (κ2) is 6.80. The van der Waals surface area contributed by atoms with Crippen molar-refractivity contribution < 1.29 is 18.9 Å². The summed E-state index contributed by atoms with van der Waals surface area (Å²) in [6.45, 7) is 3.28. The van der Waals surface area contributed by atoms with Crippen LogP contribution >= 0.6 is 11.6 Å². The number of hydrogen-bond donors (Lipinski definition) is 2. The third-order valence-corrected chi connectivity index (χ3v) is 4.41. The lowest BCUT2D eigenvalue weighted by Crippen LogP contribution is -2.41. The molecule has 0 aliphatic carbocycles. The highest BCUT2D eigenvalue weighted by atomic mass is 35.5. The second-order valence-corrected chi connectivity index (χ2v) is 6.58. The van der Waals surface area contributed by atoms with Gasteiger partial charge in [-0.3, -0.25) is 14.5 Å². The molecule has 1 aromatic heterocycles. The van der Waals surface area contributed by atoms with Gasteiger partial charge in [-0.2, -0.15) is 0 Å². The van der Waals surface area contributed by atoms with Gasteiger partial charge in [0, 0.05) is 24.1 Å². The van der Waals surface area contributed by atoms with E-state index in [1.807, 2.05) is 0 Å². The van der Waals surface area contributed by atoms with E-state index in [1.54, 1.807) is 44.2 Å². The molecule has 0 radical (unpaired) electrons. The smallest absolute Gasteiger partial charge is 0.325 e. The Morgan fingerprint density at radius 3 is 2.65 bits per heavy atom. The largest absolute Gasteiger partial charge is 0.360 e. The number of urea groups is 1. The molecule has 1 saturated heterocycles. The number of aromatic nitrogens is 1. The summed E-state index contributed by atoms with van der Waals surface area (Å²) >= 11 is 5.87. The van der Waals surface area contributed by atoms with Gasteiger partial charge >= 0.3 is 6.03 Å². The Hall–Kier alpha value is -2.87. The van der Waals surface area contributed by atoms with Crippen LogP contribution in [0.25, 0.3) is 0 Å². The number of carbonyl (C=O) groups excluding carboxylic acids is 3. The number of nitrogens with one attached hydrogen (secondary N) is 2. The van der Waals surface area contributed by atoms with E-state index in [-0.39, 0.29) is 24.7 Å². The molecule has 26 heavy (non-hydrogen) atoms. The number of halogens is 1. The first kappa shape index (κ1) is 17.9. The number of imide groups is 1. The number of nitrogens with zero attached hydrogens (tertiary/aromatic N) is 2. The van der Waals surface area contributed by atoms with Crippen molar-refractivity contribution in [2.45, 2.75) is 25.8 Å². The number of aryl methyl sites for hydroxylation is 1. The van der Waals surface area contributed by atoms with Crippen molar-refractivity contribution in [2.24, 2.45) is 0 Å². The van der Waals surface area contributed by atoms with Gasteiger partial charge in [0.1, 0.15) is 11.3 Å². The van der Waals surface area contributed by atoms with Gasteiger partial charge in [-0.05, 0) is 31.5 Å². The van der Waals surface area contributed by atoms with E-state index >= 15 is 0 Å². The molecule has 0 bridgehead atoms. The number of rotatable bonds is 5. The van der Waals surface area contributed by atoms with Crippen molar-refractivity contribution >= 4 is 35.3 Å². The Labute approximate surface area is 154 Å². The van der Waals surface area contributed by atoms with Crippen molar-refractivity contribution in [3.63, 3.8) is 0 Å². The summed E-state index contributed by atoms with van der Waals surface area (Å²) in [5.74, 6) is 0.0535. The normalized spacial score (nSPS) is 19.6. The van der Waals surface area contributed by atoms with Crippen LogP contribution in [0.15, 0.2) is 34.9 Å². The topological polar surface area (TPSA) is 105 Å². The summed E-state index contributed by atoms with van der Waals surface area (Å²) in [5, 5.41) is 9.42. The fourth-order valence-electron chi connectivity index (χ4n) is 2.72. The Bertz CT molecular complexity index is 864. The van der Waals surface area contributed by atoms with Crippen molar-refractivity contribution in [1.82, 2.24) is 15.4 Å². The van der Waals surface area contributed by atoms with Crippen LogP contribution in [0.2, 0.25) is 5.02 Å². The Morgan fingerprint density at radius 1 is 1.35 bits per heavy atom. The van der Waals surface area contributed by atoms with E-state index in [4.69, 9.17) is 16.1 Å². The van der Waals surface area contributed by atoms with E-state index in [0.29, 0.717) is 16.3 Å². The van der Waals surface area contributed by atoms with E-state index < -0.39 is 17.5 Å². The first-order valence-corrected chi connectivity index (χ1v) is 8.31. The Morgan fingerprint density at radius 2 is 2.04 bits per heavy atom. The van der Waals surface area contributed by atoms with Crippen LogP contribution in [0.1, 0.15) is 24.7 Å². The monoisotopic (exact) mass is 376 g/mol. The molecule has 4 amide bonds. The maximum absolute atomic E-state index is 12.7. The molecule has 3 rings (SSSR count). The van der Waals surface area contributed by atoms with Crippen molar-refractivity contribution in [1.29, 1.82) is 0 Å². The maximum Gasteiger partial charge on any atom is 0.325 e. The summed E-state index contributed by atoms with van der Waals surface area (Å²) < 4.78 is 4.86. The minimum absolute atomic E-state index is 0.0451. The molecule has 1 aliphatic heterocycles. The molecule has 136 valence electrons. The molecule has 1 fully saturated rings. The van der Waals surface area contributed by atoms with Crippen LogP contribution in [-0.4, -0.2) is 34.4 Å². The van der Waals surface area contributed by atoms with Gasteiger partial charge in [-0.1, -0.05) is 28.9 Å². The molecular formula is C17H17ClN4O4. The number of benzene rings is 1. The van der Waals surface area contributed by atoms with Crippen LogP contribution in [0, 0.1) is 6.92 Å². The van der Waals surface area contributed by atoms with Gasteiger partial charge in [-0.25, -0.2) is 4.79 Å². The molecule has 1 atom stereocenters. The van der Waals surface area contributed by atoms with Crippen LogP contribution in [0.3, 0.4) is 0 Å². The highest BCUT2D eigenvalue weighted by Gasteiger charge is 2.48. The Balaban J connectivity index is 1.65. The van der Waals surface area contributed by atoms with E-state index in [0.717, 1.165) is 4.90 Å². The summed E-state index contributed by atoms with van der Waals surface area (Å²) in [4.78, 5) is 38.0. The highest BCUT2D eigenvalue weighted by molar-refractivity contribution is 6.30. The van der Waals surface area contributed by atoms with Gasteiger partial charge in [0.15, 0.2) is 5.82 Å². The number of carbonyl (C=O) groups is 3. The molecular weight excluding hydrogens is 360 g/mol. The molecule has 1 aliphatic rings. The fourth-order valence-corrected chi connectivity index (χ4v) is 2.85. The van der Waals surface area contributed by atoms with E-state index in [2.05, 4.69) is 15.8 Å². The number of anilines is 1. The predicted molar refractivity (Wildman–Crippen MR) is 93.5 cm³/mol. The quantitative estimate of drug-likeness (QED) is 0.780. The van der Waals surface area contributed by atoms with Crippen LogP contribution in [-0.2, 0) is 15.1 Å². The molecule has 0 unspecified atom stereocenters. The molecule has 2 aromatic rings. The molecule has 1 aromatic carbocycles. The standard InChI is InChI=1S/C17H17ClN4O4/c1-10-9-13(21-26-10)19-14(23)7-8-22-15(24)17(2,20-16(22)25)11-3-5-12(18)6-4-11/h3-6,9H,7-8H2,1-2H3,(H,20,25)(H,19,21,23)/t17-/m1/s1. The molecule has 0 spiro atoms. The average Bonchev–Trinajstić information content (AvgIpc) is 3.08. The molecule has 2 heterocycles. The summed E-state index contributed by atoms with van der Waals surface area (Å²) in [5.41, 5.74) is -0.577. The molecule has 9 heteroatoms. The van der Waals surface area contributed by atoms with Crippen LogP contribution in [0.5, 0.6) is 0 Å². The van der Waals surface area contributed by atoms with Crippen molar-refractivity contribution in [3.05, 3.63) is 46.7 Å². The van der Waals surface area contributed by atoms with Crippen molar-refractivity contribution in [2.75, 3.05) is 11.9 Å². The van der Waals surface area contributed by atoms with Gasteiger partial charge in [0.25, 0.3) is 5.91 Å². The van der Waals surface area contributed by atoms with Crippen LogP contribution < -0.4 is 10.6 Å². The average molecular weight is 377 g/mol. The van der Waals surface area contributed by atoms with E-state index in [9.17, 15) is 14.4 Å². The lowest BCUT2D eigenvalue weighted by Gasteiger charge is -2.22. The predicted octanol–water partition coefficient (Wildman–Crippen LogP) is 2.43. The zero-order valence-corrected chi connectivity index (χ0v) is 15.0. The van der Waals surface area contributed by atoms with Gasteiger partial charge < -0.3 is 15.2 Å². The van der Waals surface area contributed by atoms with Gasteiger partial charge in [-0.15, -0.1) is 0 Å². The summed E-state index contributed by atoms with van der Waals surface area (Å²) in [6.07, 6.45) is -0.0538. The summed E-state index contributed by atoms with van der Waals surface area (Å²) in [6, 6.07) is 7.70. The maximum atomic E-state index is 12.7. The molecule has 2 N–H and O–H groups in total. The minimum Gasteiger partial charge on any atom is -0.360 e. The second-order valence-electron chi connectivity index (χ2n) is 6.14. The first-order valence-electron chi connectivity index (χ1n) is 7.93. The lowest BCUT2D eigenvalue weighted by molar-refractivity contribution is -0.131. The lowest BCUT2D eigenvalue weighted by atomic mass is 9.92. The minimum atomic E-state index is -1.19. The van der Waals surface area contributed by atoms with Crippen molar-refractivity contribution in [3.8, 4) is 0 Å². The Kier molecular flexibility index (Phi) is 4.69. The highest BCUT2D eigenvalue weighted by Crippen LogP contribution is 2.29. The SMILES string of the molecule is Cc1cc(NC(=O)CCN2C(=O)N[C@](C)(c3ccc(Cl)cc3)C2=O)no1. The third kappa shape index (κ3) is 3.41. The van der Waals surface area contributed by atoms with Crippen LogP contribution in [0.4, 0.5) is 10.6 Å². The number of hydrogen-bond acceptors (Lipinski definition) is 5. The van der Waals surface area contributed by atoms with Gasteiger partial charge in [0.2, 0.25) is 5.91 Å². The van der Waals surface area contributed by atoms with E-state index in [1.165, 1.54) is 0 Å². The fraction of sp³-hybridized carbons (Fsp3) is 0.294. The molecule has 0 saturated carbocycles. The zero-order valence-electron chi connectivity index (χ0n) is 14.2. The number of amides is 4. The first-order chi connectivity index (χ1) is 12.3. The zero-order chi connectivity index (χ0) is 18.9. The third-order valence-electron chi connectivity index (χ3n) is 4.15. The summed E-state index contributed by atoms with van der Waals surface area (Å²) in [7, 11) is 0. The van der Waals surface area contributed by atoms with Gasteiger partial charge in [0.05, 0.1) is 0 Å².